The van der Waals surface area contributed by atoms with Crippen molar-refractivity contribution in [3.05, 3.63) is 29.8 Å². The van der Waals surface area contributed by atoms with Gasteiger partial charge in [-0.2, -0.15) is 0 Å². The van der Waals surface area contributed by atoms with Gasteiger partial charge in [0, 0.05) is 19.2 Å². The summed E-state index contributed by atoms with van der Waals surface area (Å²) in [7, 11) is 1.69. The van der Waals surface area contributed by atoms with Crippen molar-refractivity contribution in [3.63, 3.8) is 0 Å². The van der Waals surface area contributed by atoms with E-state index < -0.39 is 11.4 Å². The molecule has 1 amide bonds. The molecule has 0 aliphatic rings. The van der Waals surface area contributed by atoms with Gasteiger partial charge in [-0.25, -0.2) is 0 Å². The number of amides is 1. The molecule has 0 aromatic heterocycles. The van der Waals surface area contributed by atoms with E-state index in [-0.39, 0.29) is 12.3 Å². The second-order valence-electron chi connectivity index (χ2n) is 5.26. The highest BCUT2D eigenvalue weighted by molar-refractivity contribution is 5.95. The van der Waals surface area contributed by atoms with Crippen LogP contribution in [0.5, 0.6) is 0 Å². The van der Waals surface area contributed by atoms with E-state index in [1.165, 1.54) is 4.90 Å². The van der Waals surface area contributed by atoms with Crippen LogP contribution in [0.25, 0.3) is 0 Å². The first-order valence-corrected chi connectivity index (χ1v) is 6.93. The fourth-order valence-corrected chi connectivity index (χ4v) is 2.27. The number of anilines is 1. The van der Waals surface area contributed by atoms with E-state index in [9.17, 15) is 14.7 Å². The Kier molecular flexibility index (Phi) is 5.31. The second kappa shape index (κ2) is 6.55. The van der Waals surface area contributed by atoms with Gasteiger partial charge in [0.1, 0.15) is 0 Å². The highest BCUT2D eigenvalue weighted by Crippen LogP contribution is 2.32. The molecule has 0 spiro atoms. The number of nitrogens with zero attached hydrogens (tertiary/aromatic N) is 1. The zero-order valence-corrected chi connectivity index (χ0v) is 12.6. The van der Waals surface area contributed by atoms with E-state index in [2.05, 4.69) is 0 Å². The van der Waals surface area contributed by atoms with Crippen molar-refractivity contribution in [3.8, 4) is 0 Å². The minimum atomic E-state index is -0.963. The van der Waals surface area contributed by atoms with E-state index in [0.29, 0.717) is 12.8 Å². The summed E-state index contributed by atoms with van der Waals surface area (Å²) in [6, 6.07) is 7.61. The molecule has 0 heterocycles. The van der Waals surface area contributed by atoms with E-state index in [1.807, 2.05) is 45.0 Å². The molecule has 0 atom stereocenters. The summed E-state index contributed by atoms with van der Waals surface area (Å²) < 4.78 is 0. The van der Waals surface area contributed by atoms with E-state index in [4.69, 9.17) is 0 Å². The summed E-state index contributed by atoms with van der Waals surface area (Å²) in [5.41, 5.74) is 0.897. The molecule has 0 aliphatic carbocycles. The van der Waals surface area contributed by atoms with Crippen molar-refractivity contribution in [2.45, 2.75) is 40.0 Å². The molecule has 1 N–H and O–H groups in total. The Hall–Kier alpha value is -1.84. The first kappa shape index (κ1) is 16.2. The maximum absolute atomic E-state index is 12.4. The number of carbonyl (C=O) groups excluding carboxylic acids is 1. The number of benzene rings is 1. The van der Waals surface area contributed by atoms with Gasteiger partial charge >= 0.3 is 5.97 Å². The van der Waals surface area contributed by atoms with Crippen molar-refractivity contribution in [1.29, 1.82) is 0 Å². The SMILES string of the molecule is CCC(CC)(CC(=O)N(C)c1cccc(C)c1)C(=O)O. The summed E-state index contributed by atoms with van der Waals surface area (Å²) in [5.74, 6) is -1.06. The largest absolute Gasteiger partial charge is 0.481 e. The molecular weight excluding hydrogens is 254 g/mol. The van der Waals surface area contributed by atoms with Crippen molar-refractivity contribution in [2.75, 3.05) is 11.9 Å². The molecule has 0 unspecified atom stereocenters. The van der Waals surface area contributed by atoms with Gasteiger partial charge in [-0.3, -0.25) is 9.59 Å². The average molecular weight is 277 g/mol. The van der Waals surface area contributed by atoms with Gasteiger partial charge in [0.2, 0.25) is 5.91 Å². The van der Waals surface area contributed by atoms with E-state index >= 15 is 0 Å². The Labute approximate surface area is 120 Å². The minimum Gasteiger partial charge on any atom is -0.481 e. The molecule has 0 aliphatic heterocycles. The zero-order chi connectivity index (χ0) is 15.3. The Balaban J connectivity index is 2.92. The normalized spacial score (nSPS) is 11.2. The fourth-order valence-electron chi connectivity index (χ4n) is 2.27. The van der Waals surface area contributed by atoms with Crippen LogP contribution in [-0.4, -0.2) is 24.0 Å². The topological polar surface area (TPSA) is 57.6 Å². The minimum absolute atomic E-state index is 0.0276. The number of rotatable bonds is 6. The highest BCUT2D eigenvalue weighted by atomic mass is 16.4. The lowest BCUT2D eigenvalue weighted by molar-refractivity contribution is -0.152. The lowest BCUT2D eigenvalue weighted by Gasteiger charge is -2.28. The number of carboxylic acids is 1. The molecule has 4 heteroatoms. The van der Waals surface area contributed by atoms with Crippen molar-refractivity contribution < 1.29 is 14.7 Å². The van der Waals surface area contributed by atoms with Crippen LogP contribution < -0.4 is 4.90 Å². The summed E-state index contributed by atoms with van der Waals surface area (Å²) in [6.07, 6.45) is 0.929. The summed E-state index contributed by atoms with van der Waals surface area (Å²) >= 11 is 0. The van der Waals surface area contributed by atoms with Crippen molar-refractivity contribution in [2.24, 2.45) is 5.41 Å². The Morgan fingerprint density at radius 3 is 2.30 bits per heavy atom. The first-order chi connectivity index (χ1) is 9.36. The molecule has 0 saturated heterocycles. The van der Waals surface area contributed by atoms with Crippen molar-refractivity contribution >= 4 is 17.6 Å². The molecule has 0 saturated carbocycles. The Morgan fingerprint density at radius 1 is 1.25 bits per heavy atom. The Bertz CT molecular complexity index is 492. The number of aliphatic carboxylic acids is 1. The van der Waals surface area contributed by atoms with Crippen LogP contribution in [0, 0.1) is 12.3 Å². The van der Waals surface area contributed by atoms with Crippen LogP contribution in [0.1, 0.15) is 38.7 Å². The van der Waals surface area contributed by atoms with Crippen LogP contribution in [0.4, 0.5) is 5.69 Å². The molecule has 0 fully saturated rings. The lowest BCUT2D eigenvalue weighted by atomic mass is 9.79. The van der Waals surface area contributed by atoms with Crippen LogP contribution in [0.2, 0.25) is 0 Å². The van der Waals surface area contributed by atoms with Gasteiger partial charge in [-0.05, 0) is 37.5 Å². The van der Waals surface area contributed by atoms with E-state index in [0.717, 1.165) is 11.3 Å². The monoisotopic (exact) mass is 277 g/mol. The van der Waals surface area contributed by atoms with E-state index in [1.54, 1.807) is 7.05 Å². The van der Waals surface area contributed by atoms with Gasteiger partial charge in [-0.1, -0.05) is 26.0 Å². The number of aryl methyl sites for hydroxylation is 1. The van der Waals surface area contributed by atoms with Crippen LogP contribution >= 0.6 is 0 Å². The number of carboxylic acid groups (broad SMARTS) is 1. The van der Waals surface area contributed by atoms with Gasteiger partial charge in [-0.15, -0.1) is 0 Å². The first-order valence-electron chi connectivity index (χ1n) is 6.93. The third-order valence-electron chi connectivity index (χ3n) is 4.06. The summed E-state index contributed by atoms with van der Waals surface area (Å²) in [5, 5.41) is 9.40. The number of carbonyl (C=O) groups is 2. The molecule has 1 aromatic rings. The maximum Gasteiger partial charge on any atom is 0.310 e. The smallest absolute Gasteiger partial charge is 0.310 e. The number of hydrogen-bond donors (Lipinski definition) is 1. The highest BCUT2D eigenvalue weighted by Gasteiger charge is 2.38. The second-order valence-corrected chi connectivity index (χ2v) is 5.26. The van der Waals surface area contributed by atoms with Gasteiger partial charge in [0.25, 0.3) is 0 Å². The fraction of sp³-hybridized carbons (Fsp3) is 0.500. The van der Waals surface area contributed by atoms with Crippen molar-refractivity contribution in [1.82, 2.24) is 0 Å². The number of hydrogen-bond acceptors (Lipinski definition) is 2. The molecular formula is C16H23NO3. The molecule has 0 radical (unpaired) electrons. The van der Waals surface area contributed by atoms with Gasteiger partial charge in [0.15, 0.2) is 0 Å². The maximum atomic E-state index is 12.4. The predicted molar refractivity (Wildman–Crippen MR) is 79.9 cm³/mol. The zero-order valence-electron chi connectivity index (χ0n) is 12.6. The van der Waals surface area contributed by atoms with Gasteiger partial charge < -0.3 is 10.0 Å². The third-order valence-corrected chi connectivity index (χ3v) is 4.06. The lowest BCUT2D eigenvalue weighted by Crippen LogP contribution is -2.37. The third kappa shape index (κ3) is 3.38. The summed E-state index contributed by atoms with van der Waals surface area (Å²) in [4.78, 5) is 25.4. The molecule has 4 nitrogen and oxygen atoms in total. The molecule has 1 aromatic carbocycles. The molecule has 20 heavy (non-hydrogen) atoms. The predicted octanol–water partition coefficient (Wildman–Crippen LogP) is 3.24. The average Bonchev–Trinajstić information content (AvgIpc) is 2.43. The molecule has 0 bridgehead atoms. The van der Waals surface area contributed by atoms with Crippen LogP contribution in [0.3, 0.4) is 0 Å². The van der Waals surface area contributed by atoms with Gasteiger partial charge in [0.05, 0.1) is 5.41 Å². The Morgan fingerprint density at radius 2 is 1.85 bits per heavy atom. The van der Waals surface area contributed by atoms with Crippen LogP contribution in [0.15, 0.2) is 24.3 Å². The summed E-state index contributed by atoms with van der Waals surface area (Å²) in [6.45, 7) is 5.59. The molecule has 1 rings (SSSR count). The molecule has 110 valence electrons. The van der Waals surface area contributed by atoms with Crippen LogP contribution in [-0.2, 0) is 9.59 Å². The standard InChI is InChI=1S/C16H23NO3/c1-5-16(6-2,15(19)20)11-14(18)17(4)13-9-7-8-12(3)10-13/h7-10H,5-6,11H2,1-4H3,(H,19,20). The quantitative estimate of drug-likeness (QED) is 0.868.